The molecule has 0 bridgehead atoms. The Morgan fingerprint density at radius 2 is 2.56 bits per heavy atom. The first kappa shape index (κ1) is 6.04. The summed E-state index contributed by atoms with van der Waals surface area (Å²) in [7, 11) is 0. The Morgan fingerprint density at radius 1 is 1.67 bits per heavy atom. The molecule has 0 radical (unpaired) electrons. The van der Waals surface area contributed by atoms with Crippen LogP contribution in [0.1, 0.15) is 0 Å². The number of hydrogen-bond acceptors (Lipinski definition) is 3. The van der Waals surface area contributed by atoms with Crippen LogP contribution in [0.2, 0.25) is 0 Å². The molecule has 0 unspecified atom stereocenters. The van der Waals surface area contributed by atoms with Gasteiger partial charge in [0.05, 0.1) is 5.69 Å². The standard InChI is InChI=1S/C6H8N2O/c9-5-8-6-2-1-3-7-4-6/h1-4,8-9H,5H2. The lowest BCUT2D eigenvalue weighted by Gasteiger charge is -1.97. The first-order valence-electron chi connectivity index (χ1n) is 2.68. The Balaban J connectivity index is 2.61. The van der Waals surface area contributed by atoms with Crippen molar-refractivity contribution in [2.75, 3.05) is 12.0 Å². The van der Waals surface area contributed by atoms with Crippen molar-refractivity contribution in [1.29, 1.82) is 0 Å². The molecule has 1 aromatic heterocycles. The number of aliphatic hydroxyl groups is 1. The van der Waals surface area contributed by atoms with Crippen molar-refractivity contribution >= 4 is 5.69 Å². The molecule has 0 aliphatic carbocycles. The second-order valence-electron chi connectivity index (χ2n) is 1.58. The fraction of sp³-hybridized carbons (Fsp3) is 0.167. The highest BCUT2D eigenvalue weighted by atomic mass is 16.3. The first-order chi connectivity index (χ1) is 4.43. The van der Waals surface area contributed by atoms with Gasteiger partial charge in [-0.1, -0.05) is 0 Å². The molecule has 48 valence electrons. The van der Waals surface area contributed by atoms with E-state index in [1.54, 1.807) is 18.5 Å². The Labute approximate surface area is 53.4 Å². The zero-order valence-corrected chi connectivity index (χ0v) is 4.91. The third-order valence-corrected chi connectivity index (χ3v) is 0.945. The smallest absolute Gasteiger partial charge is 0.113 e. The van der Waals surface area contributed by atoms with Gasteiger partial charge in [-0.05, 0) is 12.1 Å². The van der Waals surface area contributed by atoms with Gasteiger partial charge in [-0.15, -0.1) is 0 Å². The van der Waals surface area contributed by atoms with Crippen molar-refractivity contribution < 1.29 is 5.11 Å². The number of hydrogen-bond donors (Lipinski definition) is 2. The summed E-state index contributed by atoms with van der Waals surface area (Å²) in [5, 5.41) is 11.1. The third kappa shape index (κ3) is 1.70. The van der Waals surface area contributed by atoms with E-state index in [0.29, 0.717) is 0 Å². The van der Waals surface area contributed by atoms with E-state index in [2.05, 4.69) is 10.3 Å². The van der Waals surface area contributed by atoms with Crippen LogP contribution in [0.3, 0.4) is 0 Å². The molecule has 1 rings (SSSR count). The van der Waals surface area contributed by atoms with Gasteiger partial charge in [0.15, 0.2) is 0 Å². The molecule has 0 spiro atoms. The zero-order chi connectivity index (χ0) is 6.53. The van der Waals surface area contributed by atoms with Gasteiger partial charge in [-0.3, -0.25) is 4.98 Å². The number of aromatic nitrogens is 1. The summed E-state index contributed by atoms with van der Waals surface area (Å²) in [4.78, 5) is 3.83. The van der Waals surface area contributed by atoms with E-state index in [1.165, 1.54) is 0 Å². The lowest BCUT2D eigenvalue weighted by Crippen LogP contribution is -1.98. The highest BCUT2D eigenvalue weighted by molar-refractivity contribution is 5.38. The van der Waals surface area contributed by atoms with Crippen LogP contribution in [0.5, 0.6) is 0 Å². The second kappa shape index (κ2) is 3.04. The molecule has 1 aromatic rings. The van der Waals surface area contributed by atoms with Crippen LogP contribution in [0.4, 0.5) is 5.69 Å². The lowest BCUT2D eigenvalue weighted by molar-refractivity contribution is 0.325. The monoisotopic (exact) mass is 124 g/mol. The van der Waals surface area contributed by atoms with Crippen LogP contribution < -0.4 is 5.32 Å². The van der Waals surface area contributed by atoms with Gasteiger partial charge in [0.25, 0.3) is 0 Å². The number of aliphatic hydroxyl groups excluding tert-OH is 1. The van der Waals surface area contributed by atoms with Crippen LogP contribution in [0, 0.1) is 0 Å². The van der Waals surface area contributed by atoms with Crippen LogP contribution in [-0.4, -0.2) is 16.8 Å². The Hall–Kier alpha value is -1.09. The van der Waals surface area contributed by atoms with E-state index in [1.807, 2.05) is 6.07 Å². The maximum atomic E-state index is 8.38. The molecule has 0 fully saturated rings. The van der Waals surface area contributed by atoms with Gasteiger partial charge >= 0.3 is 0 Å². The maximum Gasteiger partial charge on any atom is 0.113 e. The van der Waals surface area contributed by atoms with Crippen LogP contribution >= 0.6 is 0 Å². The molecular formula is C6H8N2O. The van der Waals surface area contributed by atoms with Crippen LogP contribution in [0.25, 0.3) is 0 Å². The molecule has 0 saturated heterocycles. The van der Waals surface area contributed by atoms with E-state index >= 15 is 0 Å². The summed E-state index contributed by atoms with van der Waals surface area (Å²) < 4.78 is 0. The van der Waals surface area contributed by atoms with Gasteiger partial charge < -0.3 is 10.4 Å². The second-order valence-corrected chi connectivity index (χ2v) is 1.58. The molecule has 3 heteroatoms. The predicted molar refractivity (Wildman–Crippen MR) is 34.9 cm³/mol. The minimum Gasteiger partial charge on any atom is -0.377 e. The Morgan fingerprint density at radius 3 is 3.11 bits per heavy atom. The zero-order valence-electron chi connectivity index (χ0n) is 4.91. The van der Waals surface area contributed by atoms with E-state index in [9.17, 15) is 0 Å². The van der Waals surface area contributed by atoms with Crippen LogP contribution in [0.15, 0.2) is 24.5 Å². The van der Waals surface area contributed by atoms with Crippen molar-refractivity contribution in [1.82, 2.24) is 4.98 Å². The summed E-state index contributed by atoms with van der Waals surface area (Å²) in [6.45, 7) is -0.0499. The highest BCUT2D eigenvalue weighted by Crippen LogP contribution is 1.99. The summed E-state index contributed by atoms with van der Waals surface area (Å²) in [6.07, 6.45) is 3.33. The normalized spacial score (nSPS) is 9.00. The first-order valence-corrected chi connectivity index (χ1v) is 2.68. The number of nitrogens with zero attached hydrogens (tertiary/aromatic N) is 1. The summed E-state index contributed by atoms with van der Waals surface area (Å²) >= 11 is 0. The summed E-state index contributed by atoms with van der Waals surface area (Å²) in [6, 6.07) is 3.64. The molecular weight excluding hydrogens is 116 g/mol. The Kier molecular flexibility index (Phi) is 2.04. The van der Waals surface area contributed by atoms with Crippen LogP contribution in [-0.2, 0) is 0 Å². The SMILES string of the molecule is OCNc1cccnc1. The molecule has 0 saturated carbocycles. The van der Waals surface area contributed by atoms with Crippen molar-refractivity contribution in [3.8, 4) is 0 Å². The molecule has 0 atom stereocenters. The van der Waals surface area contributed by atoms with Crippen molar-refractivity contribution in [3.63, 3.8) is 0 Å². The molecule has 9 heavy (non-hydrogen) atoms. The minimum atomic E-state index is -0.0499. The molecule has 3 nitrogen and oxygen atoms in total. The summed E-state index contributed by atoms with van der Waals surface area (Å²) in [5.74, 6) is 0. The van der Waals surface area contributed by atoms with Crippen molar-refractivity contribution in [2.45, 2.75) is 0 Å². The molecule has 0 aliphatic rings. The van der Waals surface area contributed by atoms with Crippen molar-refractivity contribution in [2.24, 2.45) is 0 Å². The lowest BCUT2D eigenvalue weighted by atomic mass is 10.4. The van der Waals surface area contributed by atoms with E-state index in [0.717, 1.165) is 5.69 Å². The maximum absolute atomic E-state index is 8.38. The van der Waals surface area contributed by atoms with Gasteiger partial charge in [0, 0.05) is 12.4 Å². The number of nitrogens with one attached hydrogen (secondary N) is 1. The van der Waals surface area contributed by atoms with Gasteiger partial charge in [-0.25, -0.2) is 0 Å². The number of pyridine rings is 1. The largest absolute Gasteiger partial charge is 0.377 e. The highest BCUT2D eigenvalue weighted by Gasteiger charge is 1.83. The topological polar surface area (TPSA) is 45.1 Å². The third-order valence-electron chi connectivity index (χ3n) is 0.945. The molecule has 0 aromatic carbocycles. The Bertz CT molecular complexity index is 164. The van der Waals surface area contributed by atoms with E-state index in [4.69, 9.17) is 5.11 Å². The molecule has 1 heterocycles. The molecule has 0 aliphatic heterocycles. The average Bonchev–Trinajstić information content (AvgIpc) is 1.91. The van der Waals surface area contributed by atoms with Gasteiger partial charge in [0.2, 0.25) is 0 Å². The predicted octanol–water partition coefficient (Wildman–Crippen LogP) is 0.443. The van der Waals surface area contributed by atoms with E-state index in [-0.39, 0.29) is 6.73 Å². The average molecular weight is 124 g/mol. The number of anilines is 1. The van der Waals surface area contributed by atoms with Gasteiger partial charge in [-0.2, -0.15) is 0 Å². The molecule has 0 amide bonds. The quantitative estimate of drug-likeness (QED) is 0.562. The van der Waals surface area contributed by atoms with Crippen molar-refractivity contribution in [3.05, 3.63) is 24.5 Å². The minimum absolute atomic E-state index is 0.0499. The molecule has 2 N–H and O–H groups in total. The fourth-order valence-corrected chi connectivity index (χ4v) is 0.559. The summed E-state index contributed by atoms with van der Waals surface area (Å²) in [5.41, 5.74) is 0.833. The fourth-order valence-electron chi connectivity index (χ4n) is 0.559. The van der Waals surface area contributed by atoms with Gasteiger partial charge in [0.1, 0.15) is 6.73 Å². The van der Waals surface area contributed by atoms with E-state index < -0.39 is 0 Å². The number of rotatable bonds is 2.